The number of anilines is 1. The lowest BCUT2D eigenvalue weighted by molar-refractivity contribution is -0.388. The Morgan fingerprint density at radius 3 is 2.79 bits per heavy atom. The number of nitro groups is 1. The third kappa shape index (κ3) is 2.86. The number of thioether (sulfide) groups is 1. The van der Waals surface area contributed by atoms with E-state index in [1.54, 1.807) is 11.5 Å². The largest absolute Gasteiger partial charge is 0.406 e. The van der Waals surface area contributed by atoms with Gasteiger partial charge in [0, 0.05) is 25.3 Å². The summed E-state index contributed by atoms with van der Waals surface area (Å²) < 4.78 is 1.77. The normalized spacial score (nSPS) is 23.3. The van der Waals surface area contributed by atoms with E-state index in [4.69, 9.17) is 0 Å². The van der Waals surface area contributed by atoms with Gasteiger partial charge in [0.25, 0.3) is 0 Å². The fraction of sp³-hybridized carbons (Fsp3) is 0.750. The van der Waals surface area contributed by atoms with Gasteiger partial charge in [0.15, 0.2) is 0 Å². The van der Waals surface area contributed by atoms with Gasteiger partial charge in [-0.1, -0.05) is 12.8 Å². The molecule has 0 aromatic carbocycles. The van der Waals surface area contributed by atoms with Gasteiger partial charge in [-0.3, -0.25) is 4.57 Å². The number of nitrogens with one attached hydrogen (secondary N) is 1. The first-order valence-corrected chi connectivity index (χ1v) is 7.80. The van der Waals surface area contributed by atoms with Gasteiger partial charge in [-0.05, 0) is 29.0 Å². The van der Waals surface area contributed by atoms with Crippen LogP contribution in [0.2, 0.25) is 0 Å². The molecule has 1 aromatic heterocycles. The lowest BCUT2D eigenvalue weighted by atomic mass is 9.95. The molecule has 0 saturated heterocycles. The summed E-state index contributed by atoms with van der Waals surface area (Å²) in [4.78, 5) is 14.7. The molecule has 0 spiro atoms. The molecular weight excluding hydrogens is 264 g/mol. The monoisotopic (exact) mass is 284 g/mol. The molecule has 1 aliphatic carbocycles. The molecule has 2 atom stereocenters. The summed E-state index contributed by atoms with van der Waals surface area (Å²) in [7, 11) is 1.81. The maximum absolute atomic E-state index is 11.1. The molecule has 1 N–H and O–H groups in total. The van der Waals surface area contributed by atoms with Gasteiger partial charge in [-0.25, -0.2) is 0 Å². The van der Waals surface area contributed by atoms with Crippen LogP contribution in [0.4, 0.5) is 11.6 Å². The van der Waals surface area contributed by atoms with E-state index in [9.17, 15) is 10.1 Å². The van der Waals surface area contributed by atoms with Crippen molar-refractivity contribution in [2.75, 3.05) is 11.6 Å². The lowest BCUT2D eigenvalue weighted by Gasteiger charge is -2.31. The van der Waals surface area contributed by atoms with Crippen LogP contribution in [0.1, 0.15) is 31.5 Å². The highest BCUT2D eigenvalue weighted by Gasteiger charge is 2.30. The molecule has 0 aliphatic heterocycles. The van der Waals surface area contributed by atoms with E-state index in [-0.39, 0.29) is 11.9 Å². The maximum atomic E-state index is 11.1. The zero-order chi connectivity index (χ0) is 14.0. The van der Waals surface area contributed by atoms with Gasteiger partial charge in [0.05, 0.1) is 0 Å². The first-order chi connectivity index (χ1) is 9.04. The van der Waals surface area contributed by atoms with Gasteiger partial charge in [-0.15, -0.1) is 0 Å². The highest BCUT2D eigenvalue weighted by Crippen LogP contribution is 2.32. The van der Waals surface area contributed by atoms with Crippen LogP contribution in [-0.4, -0.2) is 32.0 Å². The van der Waals surface area contributed by atoms with E-state index >= 15 is 0 Å². The maximum Gasteiger partial charge on any atom is 0.406 e. The fourth-order valence-electron chi connectivity index (χ4n) is 2.60. The van der Waals surface area contributed by atoms with Crippen LogP contribution >= 0.6 is 11.8 Å². The van der Waals surface area contributed by atoms with Crippen molar-refractivity contribution in [3.8, 4) is 0 Å². The third-order valence-electron chi connectivity index (χ3n) is 3.80. The highest BCUT2D eigenvalue weighted by atomic mass is 32.2. The minimum Gasteiger partial charge on any atom is -0.360 e. The van der Waals surface area contributed by atoms with Crippen molar-refractivity contribution >= 4 is 23.4 Å². The number of aromatic nitrogens is 2. The Kier molecular flexibility index (Phi) is 4.34. The topological polar surface area (TPSA) is 73.0 Å². The lowest BCUT2D eigenvalue weighted by Crippen LogP contribution is -2.35. The number of rotatable bonds is 4. The smallest absolute Gasteiger partial charge is 0.360 e. The number of nitrogens with zero attached hydrogens (tertiary/aromatic N) is 3. The van der Waals surface area contributed by atoms with E-state index in [1.807, 2.05) is 18.8 Å². The van der Waals surface area contributed by atoms with Crippen molar-refractivity contribution in [2.24, 2.45) is 7.05 Å². The number of hydrogen-bond acceptors (Lipinski definition) is 5. The van der Waals surface area contributed by atoms with Crippen molar-refractivity contribution in [3.63, 3.8) is 0 Å². The van der Waals surface area contributed by atoms with Crippen LogP contribution in [-0.2, 0) is 7.05 Å². The van der Waals surface area contributed by atoms with Gasteiger partial charge >= 0.3 is 5.82 Å². The van der Waals surface area contributed by atoms with E-state index in [1.165, 1.54) is 19.3 Å². The van der Waals surface area contributed by atoms with Crippen molar-refractivity contribution in [2.45, 2.75) is 43.9 Å². The van der Waals surface area contributed by atoms with Gasteiger partial charge in [0.2, 0.25) is 11.6 Å². The Hall–Kier alpha value is -1.24. The first-order valence-electron chi connectivity index (χ1n) is 6.51. The van der Waals surface area contributed by atoms with Crippen molar-refractivity contribution in [3.05, 3.63) is 15.9 Å². The van der Waals surface area contributed by atoms with Gasteiger partial charge < -0.3 is 15.4 Å². The van der Waals surface area contributed by atoms with Crippen LogP contribution in [0.25, 0.3) is 0 Å². The minimum atomic E-state index is -0.410. The van der Waals surface area contributed by atoms with E-state index in [0.717, 1.165) is 6.42 Å². The minimum absolute atomic E-state index is 0.0644. The Morgan fingerprint density at radius 1 is 1.47 bits per heavy atom. The van der Waals surface area contributed by atoms with E-state index in [0.29, 0.717) is 16.9 Å². The van der Waals surface area contributed by atoms with Gasteiger partial charge in [-0.2, -0.15) is 11.8 Å². The Bertz CT molecular complexity index is 475. The van der Waals surface area contributed by atoms with Crippen LogP contribution in [0.5, 0.6) is 0 Å². The second-order valence-electron chi connectivity index (χ2n) is 4.96. The van der Waals surface area contributed by atoms with Crippen molar-refractivity contribution < 1.29 is 4.92 Å². The molecule has 0 bridgehead atoms. The zero-order valence-electron chi connectivity index (χ0n) is 11.5. The Morgan fingerprint density at radius 2 is 2.16 bits per heavy atom. The van der Waals surface area contributed by atoms with Crippen molar-refractivity contribution in [1.29, 1.82) is 0 Å². The predicted octanol–water partition coefficient (Wildman–Crippen LogP) is 2.72. The molecular formula is C12H20N4O2S. The van der Waals surface area contributed by atoms with E-state index in [2.05, 4.69) is 16.6 Å². The summed E-state index contributed by atoms with van der Waals surface area (Å²) in [6.07, 6.45) is 6.76. The highest BCUT2D eigenvalue weighted by molar-refractivity contribution is 7.99. The Labute approximate surface area is 117 Å². The van der Waals surface area contributed by atoms with Crippen LogP contribution in [0, 0.1) is 17.0 Å². The summed E-state index contributed by atoms with van der Waals surface area (Å²) in [5.41, 5.74) is 0. The molecule has 0 amide bonds. The molecule has 1 aromatic rings. The van der Waals surface area contributed by atoms with Crippen molar-refractivity contribution in [1.82, 2.24) is 9.55 Å². The van der Waals surface area contributed by atoms with Crippen LogP contribution in [0.15, 0.2) is 0 Å². The third-order valence-corrected chi connectivity index (χ3v) is 4.97. The molecule has 7 heteroatoms. The summed E-state index contributed by atoms with van der Waals surface area (Å²) in [5, 5.41) is 14.9. The molecule has 19 heavy (non-hydrogen) atoms. The summed E-state index contributed by atoms with van der Waals surface area (Å²) in [6, 6.07) is 0.289. The average molecular weight is 284 g/mol. The first kappa shape index (κ1) is 14.2. The van der Waals surface area contributed by atoms with Gasteiger partial charge in [0.1, 0.15) is 0 Å². The molecule has 1 aliphatic rings. The quantitative estimate of drug-likeness (QED) is 0.680. The number of aryl methyl sites for hydroxylation is 1. The zero-order valence-corrected chi connectivity index (χ0v) is 12.4. The number of hydrogen-bond donors (Lipinski definition) is 1. The van der Waals surface area contributed by atoms with Crippen LogP contribution in [0.3, 0.4) is 0 Å². The summed E-state index contributed by atoms with van der Waals surface area (Å²) in [5.74, 6) is 1.13. The SMILES string of the molecule is CSC1CCCCC1Nc1c([N+](=O)[O-])nc(C)n1C. The molecule has 1 saturated carbocycles. The van der Waals surface area contributed by atoms with E-state index < -0.39 is 4.92 Å². The average Bonchev–Trinajstić information content (AvgIpc) is 2.68. The second kappa shape index (κ2) is 5.81. The molecule has 2 rings (SSSR count). The Balaban J connectivity index is 2.24. The summed E-state index contributed by atoms with van der Waals surface area (Å²) >= 11 is 1.84. The molecule has 6 nitrogen and oxygen atoms in total. The molecule has 0 radical (unpaired) electrons. The standard InChI is InChI=1S/C12H20N4O2S/c1-8-13-12(16(17)18)11(15(8)2)14-9-6-4-5-7-10(9)19-3/h9-10,14H,4-7H2,1-3H3. The predicted molar refractivity (Wildman–Crippen MR) is 77.8 cm³/mol. The molecule has 2 unspecified atom stereocenters. The molecule has 106 valence electrons. The molecule has 1 fully saturated rings. The number of imidazole rings is 1. The second-order valence-corrected chi connectivity index (χ2v) is 6.03. The van der Waals surface area contributed by atoms with Crippen LogP contribution < -0.4 is 5.32 Å². The fourth-order valence-corrected chi connectivity index (χ4v) is 3.54. The molecule has 1 heterocycles. The summed E-state index contributed by atoms with van der Waals surface area (Å²) in [6.45, 7) is 1.78.